The molecule has 0 bridgehead atoms. The number of carbonyl (C=O) groups is 1. The zero-order valence-electron chi connectivity index (χ0n) is 19.9. The molecule has 4 rings (SSSR count). The standard InChI is InChI=1S/C27H33ClFNO2S/c1-18(19-5-6-19)30(25(31)26(2,3)4)24-12-7-20(17-23(24)29)27(13-15-32-16-14-27)33-22-10-8-21(28)9-11-22/h7-12,17-19H,5-6,13-16H2,1-4H3/t18-/m0/s1. The number of amides is 1. The molecule has 1 heterocycles. The Morgan fingerprint density at radius 1 is 1.15 bits per heavy atom. The first kappa shape index (κ1) is 24.6. The molecule has 1 aliphatic carbocycles. The second-order valence-corrected chi connectivity index (χ2v) is 12.2. The number of halogens is 2. The number of benzene rings is 2. The van der Waals surface area contributed by atoms with Crippen molar-refractivity contribution >= 4 is 35.0 Å². The monoisotopic (exact) mass is 489 g/mol. The van der Waals surface area contributed by atoms with Crippen molar-refractivity contribution in [3.8, 4) is 0 Å². The van der Waals surface area contributed by atoms with Gasteiger partial charge in [-0.05, 0) is 80.5 Å². The predicted octanol–water partition coefficient (Wildman–Crippen LogP) is 7.45. The highest BCUT2D eigenvalue weighted by Gasteiger charge is 2.41. The SMILES string of the molecule is C[C@@H](C1CC1)N(C(=O)C(C)(C)C)c1ccc(C2(Sc3ccc(Cl)cc3)CCOCC2)cc1F. The Bertz CT molecular complexity index is 994. The van der Waals surface area contributed by atoms with Gasteiger partial charge in [0.05, 0.1) is 5.69 Å². The van der Waals surface area contributed by atoms with Gasteiger partial charge in [-0.3, -0.25) is 4.79 Å². The fraction of sp³-hybridized carbons (Fsp3) is 0.519. The molecule has 2 aromatic rings. The highest BCUT2D eigenvalue weighted by atomic mass is 35.5. The van der Waals surface area contributed by atoms with Crippen molar-refractivity contribution in [3.63, 3.8) is 0 Å². The second kappa shape index (κ2) is 9.59. The number of nitrogens with zero attached hydrogens (tertiary/aromatic N) is 1. The van der Waals surface area contributed by atoms with Gasteiger partial charge < -0.3 is 9.64 Å². The number of rotatable bonds is 6. The Morgan fingerprint density at radius 3 is 2.33 bits per heavy atom. The Balaban J connectivity index is 1.70. The van der Waals surface area contributed by atoms with Crippen molar-refractivity contribution in [1.29, 1.82) is 0 Å². The molecule has 3 nitrogen and oxygen atoms in total. The zero-order chi connectivity index (χ0) is 23.8. The van der Waals surface area contributed by atoms with Gasteiger partial charge in [0.1, 0.15) is 5.82 Å². The van der Waals surface area contributed by atoms with E-state index in [1.165, 1.54) is 0 Å². The molecule has 0 spiro atoms. The number of ether oxygens (including phenoxy) is 1. The van der Waals surface area contributed by atoms with Crippen LogP contribution in [0.25, 0.3) is 0 Å². The maximum Gasteiger partial charge on any atom is 0.232 e. The predicted molar refractivity (Wildman–Crippen MR) is 135 cm³/mol. The van der Waals surface area contributed by atoms with E-state index in [0.29, 0.717) is 29.8 Å². The normalized spacial score (nSPS) is 19.2. The molecule has 0 unspecified atom stereocenters. The maximum absolute atomic E-state index is 15.8. The average molecular weight is 490 g/mol. The smallest absolute Gasteiger partial charge is 0.232 e. The number of anilines is 1. The summed E-state index contributed by atoms with van der Waals surface area (Å²) in [5.74, 6) is 0.0720. The molecule has 1 atom stereocenters. The van der Waals surface area contributed by atoms with E-state index < -0.39 is 5.41 Å². The van der Waals surface area contributed by atoms with E-state index in [2.05, 4.69) is 0 Å². The molecule has 2 fully saturated rings. The lowest BCUT2D eigenvalue weighted by Gasteiger charge is -2.38. The van der Waals surface area contributed by atoms with Crippen LogP contribution >= 0.6 is 23.4 Å². The van der Waals surface area contributed by atoms with Crippen LogP contribution in [0.5, 0.6) is 0 Å². The van der Waals surface area contributed by atoms with Gasteiger partial charge in [0.2, 0.25) is 5.91 Å². The van der Waals surface area contributed by atoms with Crippen LogP contribution in [-0.2, 0) is 14.3 Å². The Labute approximate surface area is 206 Å². The van der Waals surface area contributed by atoms with E-state index in [1.54, 1.807) is 22.7 Å². The van der Waals surface area contributed by atoms with Crippen LogP contribution in [0.15, 0.2) is 47.4 Å². The van der Waals surface area contributed by atoms with Crippen molar-refractivity contribution in [2.24, 2.45) is 11.3 Å². The molecule has 1 amide bonds. The highest BCUT2D eigenvalue weighted by molar-refractivity contribution is 8.00. The first-order chi connectivity index (χ1) is 15.6. The van der Waals surface area contributed by atoms with Crippen molar-refractivity contribution < 1.29 is 13.9 Å². The van der Waals surface area contributed by atoms with Crippen LogP contribution in [0, 0.1) is 17.2 Å². The van der Waals surface area contributed by atoms with E-state index in [9.17, 15) is 4.79 Å². The van der Waals surface area contributed by atoms with E-state index in [4.69, 9.17) is 16.3 Å². The molecular formula is C27H33ClFNO2S. The van der Waals surface area contributed by atoms with Crippen LogP contribution in [0.4, 0.5) is 10.1 Å². The van der Waals surface area contributed by atoms with E-state index in [-0.39, 0.29) is 22.5 Å². The minimum absolute atomic E-state index is 0.0161. The summed E-state index contributed by atoms with van der Waals surface area (Å²) in [4.78, 5) is 16.1. The molecule has 178 valence electrons. The van der Waals surface area contributed by atoms with Gasteiger partial charge in [-0.25, -0.2) is 4.39 Å². The quantitative estimate of drug-likeness (QED) is 0.421. The number of hydrogen-bond acceptors (Lipinski definition) is 3. The van der Waals surface area contributed by atoms with Crippen molar-refractivity contribution in [3.05, 3.63) is 58.9 Å². The minimum atomic E-state index is -0.583. The lowest BCUT2D eigenvalue weighted by atomic mass is 9.89. The molecule has 33 heavy (non-hydrogen) atoms. The average Bonchev–Trinajstić information content (AvgIpc) is 3.62. The maximum atomic E-state index is 15.8. The third-order valence-electron chi connectivity index (χ3n) is 6.73. The van der Waals surface area contributed by atoms with Gasteiger partial charge in [-0.15, -0.1) is 11.8 Å². The van der Waals surface area contributed by atoms with E-state index in [0.717, 1.165) is 36.1 Å². The van der Waals surface area contributed by atoms with Crippen molar-refractivity contribution in [2.45, 2.75) is 69.1 Å². The van der Waals surface area contributed by atoms with Crippen LogP contribution in [0.1, 0.15) is 58.9 Å². The van der Waals surface area contributed by atoms with Gasteiger partial charge in [-0.1, -0.05) is 38.4 Å². The van der Waals surface area contributed by atoms with Gasteiger partial charge >= 0.3 is 0 Å². The van der Waals surface area contributed by atoms with E-state index in [1.807, 2.05) is 64.1 Å². The van der Waals surface area contributed by atoms with Crippen molar-refractivity contribution in [1.82, 2.24) is 0 Å². The van der Waals surface area contributed by atoms with E-state index >= 15 is 4.39 Å². The Hall–Kier alpha value is -1.56. The second-order valence-electron chi connectivity index (χ2n) is 10.3. The zero-order valence-corrected chi connectivity index (χ0v) is 21.4. The summed E-state index contributed by atoms with van der Waals surface area (Å²) in [6, 6.07) is 13.2. The fourth-order valence-electron chi connectivity index (χ4n) is 4.53. The third kappa shape index (κ3) is 5.41. The molecule has 0 radical (unpaired) electrons. The summed E-state index contributed by atoms with van der Waals surface area (Å²) >= 11 is 7.82. The van der Waals surface area contributed by atoms with Gasteiger partial charge in [0, 0.05) is 39.3 Å². The van der Waals surface area contributed by atoms with Crippen LogP contribution in [0.2, 0.25) is 5.02 Å². The van der Waals surface area contributed by atoms with Crippen LogP contribution in [0.3, 0.4) is 0 Å². The lowest BCUT2D eigenvalue weighted by Crippen LogP contribution is -2.46. The summed E-state index contributed by atoms with van der Waals surface area (Å²) in [6.45, 7) is 9.01. The first-order valence-corrected chi connectivity index (χ1v) is 13.0. The van der Waals surface area contributed by atoms with Crippen LogP contribution < -0.4 is 4.90 Å². The van der Waals surface area contributed by atoms with Gasteiger partial charge in [0.25, 0.3) is 0 Å². The van der Waals surface area contributed by atoms with Gasteiger partial charge in [0.15, 0.2) is 0 Å². The first-order valence-electron chi connectivity index (χ1n) is 11.8. The van der Waals surface area contributed by atoms with Gasteiger partial charge in [-0.2, -0.15) is 0 Å². The number of thioether (sulfide) groups is 1. The molecule has 1 aliphatic heterocycles. The highest BCUT2D eigenvalue weighted by Crippen LogP contribution is 2.49. The molecule has 2 aromatic carbocycles. The molecule has 1 saturated carbocycles. The summed E-state index contributed by atoms with van der Waals surface area (Å²) in [6.07, 6.45) is 3.77. The topological polar surface area (TPSA) is 29.5 Å². The van der Waals surface area contributed by atoms with Crippen molar-refractivity contribution in [2.75, 3.05) is 18.1 Å². The summed E-state index contributed by atoms with van der Waals surface area (Å²) < 4.78 is 21.1. The Morgan fingerprint density at radius 2 is 1.79 bits per heavy atom. The molecule has 1 saturated heterocycles. The summed E-state index contributed by atoms with van der Waals surface area (Å²) in [5, 5.41) is 0.698. The summed E-state index contributed by atoms with van der Waals surface area (Å²) in [5.41, 5.74) is 0.742. The molecule has 0 N–H and O–H groups in total. The molecule has 6 heteroatoms. The minimum Gasteiger partial charge on any atom is -0.381 e. The number of carbonyl (C=O) groups excluding carboxylic acids is 1. The third-order valence-corrected chi connectivity index (χ3v) is 8.53. The molecule has 0 aromatic heterocycles. The lowest BCUT2D eigenvalue weighted by molar-refractivity contribution is -0.126. The largest absolute Gasteiger partial charge is 0.381 e. The molecule has 2 aliphatic rings. The fourth-order valence-corrected chi connectivity index (χ4v) is 5.99. The number of hydrogen-bond donors (Lipinski definition) is 0. The van der Waals surface area contributed by atoms with Crippen LogP contribution in [-0.4, -0.2) is 25.2 Å². The Kier molecular flexibility index (Phi) is 7.14. The summed E-state index contributed by atoms with van der Waals surface area (Å²) in [7, 11) is 0. The molecular weight excluding hydrogens is 457 g/mol.